The molecule has 0 saturated carbocycles. The van der Waals surface area contributed by atoms with Gasteiger partial charge in [0.05, 0.1) is 19.4 Å². The van der Waals surface area contributed by atoms with Crippen LogP contribution in [0.2, 0.25) is 0 Å². The largest absolute Gasteiger partial charge is 0.507 e. The fraction of sp³-hybridized carbons (Fsp3) is 0.600. The Morgan fingerprint density at radius 1 is 1.26 bits per heavy atom. The number of phenols is 1. The van der Waals surface area contributed by atoms with Crippen LogP contribution in [-0.4, -0.2) is 35.2 Å². The third kappa shape index (κ3) is 5.41. The van der Waals surface area contributed by atoms with Gasteiger partial charge >= 0.3 is 5.97 Å². The molecule has 0 amide bonds. The molecule has 1 aromatic rings. The third-order valence-electron chi connectivity index (χ3n) is 6.08. The number of carboxylic acid groups (broad SMARTS) is 1. The maximum Gasteiger partial charge on any atom is 0.303 e. The number of rotatable bonds is 10. The quantitative estimate of drug-likeness (QED) is 0.367. The van der Waals surface area contributed by atoms with Crippen molar-refractivity contribution in [3.63, 3.8) is 0 Å². The molecule has 2 rings (SSSR count). The first kappa shape index (κ1) is 24.8. The Balaban J connectivity index is 2.79. The van der Waals surface area contributed by atoms with Gasteiger partial charge in [0.25, 0.3) is 0 Å². The average molecular weight is 433 g/mol. The minimum atomic E-state index is -0.948. The van der Waals surface area contributed by atoms with E-state index in [9.17, 15) is 19.8 Å². The standard InChI is InChI=1S/C25H36O6/c1-7-8-9-10-17(13-19(26)27)20-23(29)21-22(28)15(4)16(5)31-25(21)18(24(20)30-6)12-11-14(2)3/h11,15-17,29H,7-10,12-13H2,1-6H3,(H,26,27)/t15-,16+,17-/m1/s1. The van der Waals surface area contributed by atoms with Gasteiger partial charge in [0, 0.05) is 17.0 Å². The van der Waals surface area contributed by atoms with Crippen LogP contribution in [-0.2, 0) is 11.2 Å². The SMILES string of the molecule is CCCCC[C@H](CC(=O)O)c1c(O)c2c(c(CC=C(C)C)c1OC)O[C@@H](C)[C@@H](C)C2=O. The normalized spacial score (nSPS) is 18.7. The van der Waals surface area contributed by atoms with Crippen LogP contribution < -0.4 is 9.47 Å². The molecule has 0 spiro atoms. The van der Waals surface area contributed by atoms with Crippen LogP contribution in [0.5, 0.6) is 17.2 Å². The first-order chi connectivity index (χ1) is 14.6. The van der Waals surface area contributed by atoms with Crippen molar-refractivity contribution in [2.75, 3.05) is 7.11 Å². The minimum Gasteiger partial charge on any atom is -0.507 e. The van der Waals surface area contributed by atoms with Gasteiger partial charge in [0.1, 0.15) is 28.9 Å². The highest BCUT2D eigenvalue weighted by atomic mass is 16.5. The fourth-order valence-electron chi connectivity index (χ4n) is 4.16. The van der Waals surface area contributed by atoms with Crippen LogP contribution in [0.1, 0.15) is 94.1 Å². The van der Waals surface area contributed by atoms with E-state index in [-0.39, 0.29) is 29.6 Å². The van der Waals surface area contributed by atoms with Gasteiger partial charge < -0.3 is 19.7 Å². The van der Waals surface area contributed by atoms with Crippen LogP contribution in [0.4, 0.5) is 0 Å². The van der Waals surface area contributed by atoms with E-state index in [0.29, 0.717) is 35.5 Å². The van der Waals surface area contributed by atoms with Gasteiger partial charge in [-0.05, 0) is 33.6 Å². The van der Waals surface area contributed by atoms with Gasteiger partial charge in [-0.2, -0.15) is 0 Å². The molecule has 0 bridgehead atoms. The summed E-state index contributed by atoms with van der Waals surface area (Å²) < 4.78 is 11.9. The van der Waals surface area contributed by atoms with Gasteiger partial charge in [0.15, 0.2) is 5.78 Å². The number of methoxy groups -OCH3 is 1. The number of carbonyl (C=O) groups is 2. The highest BCUT2D eigenvalue weighted by Gasteiger charge is 2.39. The van der Waals surface area contributed by atoms with E-state index >= 15 is 0 Å². The van der Waals surface area contributed by atoms with Crippen LogP contribution in [0.25, 0.3) is 0 Å². The number of benzene rings is 1. The van der Waals surface area contributed by atoms with Gasteiger partial charge in [0.2, 0.25) is 0 Å². The van der Waals surface area contributed by atoms with Gasteiger partial charge in [-0.25, -0.2) is 0 Å². The van der Waals surface area contributed by atoms with Crippen molar-refractivity contribution in [3.05, 3.63) is 28.3 Å². The fourth-order valence-corrected chi connectivity index (χ4v) is 4.16. The molecule has 0 radical (unpaired) electrons. The molecule has 1 heterocycles. The lowest BCUT2D eigenvalue weighted by atomic mass is 9.81. The van der Waals surface area contributed by atoms with Gasteiger partial charge in [-0.3, -0.25) is 9.59 Å². The Kier molecular flexibility index (Phi) is 8.54. The van der Waals surface area contributed by atoms with E-state index in [1.165, 1.54) is 7.11 Å². The summed E-state index contributed by atoms with van der Waals surface area (Å²) in [6, 6.07) is 0. The molecular formula is C25H36O6. The number of carboxylic acids is 1. The molecule has 0 fully saturated rings. The van der Waals surface area contributed by atoms with Crippen LogP contribution in [0.3, 0.4) is 0 Å². The monoisotopic (exact) mass is 432 g/mol. The average Bonchev–Trinajstić information content (AvgIpc) is 2.69. The third-order valence-corrected chi connectivity index (χ3v) is 6.08. The first-order valence-corrected chi connectivity index (χ1v) is 11.2. The molecule has 1 aliphatic rings. The van der Waals surface area contributed by atoms with Crippen molar-refractivity contribution in [1.82, 2.24) is 0 Å². The zero-order chi connectivity index (χ0) is 23.3. The molecule has 0 saturated heterocycles. The Hall–Kier alpha value is -2.50. The predicted molar refractivity (Wildman–Crippen MR) is 121 cm³/mol. The highest BCUT2D eigenvalue weighted by molar-refractivity contribution is 6.05. The lowest BCUT2D eigenvalue weighted by Gasteiger charge is -2.33. The molecule has 0 aliphatic carbocycles. The van der Waals surface area contributed by atoms with Gasteiger partial charge in [-0.1, -0.05) is 44.8 Å². The summed E-state index contributed by atoms with van der Waals surface area (Å²) in [5, 5.41) is 20.8. The van der Waals surface area contributed by atoms with Crippen molar-refractivity contribution in [1.29, 1.82) is 0 Å². The number of aliphatic carboxylic acids is 1. The Labute approximate surface area is 185 Å². The molecule has 2 N–H and O–H groups in total. The second-order valence-corrected chi connectivity index (χ2v) is 8.73. The molecular weight excluding hydrogens is 396 g/mol. The summed E-state index contributed by atoms with van der Waals surface area (Å²) >= 11 is 0. The molecule has 1 aliphatic heterocycles. The zero-order valence-electron chi connectivity index (χ0n) is 19.6. The number of carbonyl (C=O) groups excluding carboxylic acids is 1. The maximum atomic E-state index is 13.2. The number of hydrogen-bond acceptors (Lipinski definition) is 5. The highest BCUT2D eigenvalue weighted by Crippen LogP contribution is 2.51. The van der Waals surface area contributed by atoms with E-state index in [4.69, 9.17) is 9.47 Å². The Morgan fingerprint density at radius 2 is 1.94 bits per heavy atom. The number of fused-ring (bicyclic) bond motifs is 1. The lowest BCUT2D eigenvalue weighted by Crippen LogP contribution is -2.34. The van der Waals surface area contributed by atoms with Gasteiger partial charge in [-0.15, -0.1) is 0 Å². The molecule has 6 heteroatoms. The predicted octanol–water partition coefficient (Wildman–Crippen LogP) is 5.65. The van der Waals surface area contributed by atoms with Crippen LogP contribution >= 0.6 is 0 Å². The van der Waals surface area contributed by atoms with Crippen molar-refractivity contribution in [3.8, 4) is 17.2 Å². The van der Waals surface area contributed by atoms with Crippen molar-refractivity contribution in [2.45, 2.75) is 85.2 Å². The Morgan fingerprint density at radius 3 is 2.48 bits per heavy atom. The number of aromatic hydroxyl groups is 1. The molecule has 6 nitrogen and oxygen atoms in total. The second-order valence-electron chi connectivity index (χ2n) is 8.73. The molecule has 172 valence electrons. The maximum absolute atomic E-state index is 13.2. The molecule has 0 unspecified atom stereocenters. The summed E-state index contributed by atoms with van der Waals surface area (Å²) in [6.07, 6.45) is 5.38. The topological polar surface area (TPSA) is 93.1 Å². The van der Waals surface area contributed by atoms with E-state index in [0.717, 1.165) is 24.8 Å². The van der Waals surface area contributed by atoms with E-state index in [1.54, 1.807) is 6.92 Å². The summed E-state index contributed by atoms with van der Waals surface area (Å²) in [5.41, 5.74) is 2.35. The molecule has 3 atom stereocenters. The number of allylic oxidation sites excluding steroid dienone is 2. The smallest absolute Gasteiger partial charge is 0.303 e. The van der Waals surface area contributed by atoms with E-state index in [1.807, 2.05) is 26.8 Å². The number of unbranched alkanes of at least 4 members (excludes halogenated alkanes) is 2. The minimum absolute atomic E-state index is 0.143. The lowest BCUT2D eigenvalue weighted by molar-refractivity contribution is -0.137. The van der Waals surface area contributed by atoms with Crippen molar-refractivity contribution in [2.24, 2.45) is 5.92 Å². The van der Waals surface area contributed by atoms with Crippen LogP contribution in [0.15, 0.2) is 11.6 Å². The summed E-state index contributed by atoms with van der Waals surface area (Å²) in [5.74, 6) is -1.42. The summed E-state index contributed by atoms with van der Waals surface area (Å²) in [4.78, 5) is 24.8. The summed E-state index contributed by atoms with van der Waals surface area (Å²) in [6.45, 7) is 9.67. The first-order valence-electron chi connectivity index (χ1n) is 11.2. The van der Waals surface area contributed by atoms with E-state index in [2.05, 4.69) is 6.92 Å². The molecule has 1 aromatic carbocycles. The number of Topliss-reactive ketones (excluding diaryl/α,β-unsaturated/α-hetero) is 1. The second kappa shape index (κ2) is 10.7. The summed E-state index contributed by atoms with van der Waals surface area (Å²) in [7, 11) is 1.51. The number of hydrogen-bond donors (Lipinski definition) is 2. The van der Waals surface area contributed by atoms with Crippen molar-refractivity contribution >= 4 is 11.8 Å². The molecule has 31 heavy (non-hydrogen) atoms. The zero-order valence-corrected chi connectivity index (χ0v) is 19.6. The number of phenolic OH excluding ortho intramolecular Hbond substituents is 1. The van der Waals surface area contributed by atoms with Crippen molar-refractivity contribution < 1.29 is 29.3 Å². The van der Waals surface area contributed by atoms with Crippen LogP contribution in [0, 0.1) is 5.92 Å². The number of ketones is 1. The molecule has 0 aromatic heterocycles. The number of ether oxygens (including phenoxy) is 2. The Bertz CT molecular complexity index is 850. The van der Waals surface area contributed by atoms with E-state index < -0.39 is 17.8 Å².